The lowest BCUT2D eigenvalue weighted by molar-refractivity contribution is -0.134. The highest BCUT2D eigenvalue weighted by Gasteiger charge is 2.32. The quantitative estimate of drug-likeness (QED) is 0.127. The normalized spacial score (nSPS) is 20.2. The molecule has 1 aliphatic rings. The highest BCUT2D eigenvalue weighted by molar-refractivity contribution is 5.95. The Balaban J connectivity index is 2.03. The van der Waals surface area contributed by atoms with Crippen molar-refractivity contribution in [1.82, 2.24) is 21.3 Å². The van der Waals surface area contributed by atoms with Crippen LogP contribution in [-0.4, -0.2) is 90.3 Å². The standard InChI is InChI=1S/C30H44N8O6/c31-8-2-5-23(28(42)35-10-9-32)36-29(43)24-12-17-3-1-4-18(11-17)19-6-7-26(40)20(13-19)14-22(34)27(41)37-25(30(44)38-24)15-21(39)16-33/h1,3-4,6-7,11,13,21-25,39-40H,2,5,8-10,12,14-16,31-34H2,(H,35,42)(H,36,43)(H,37,41)(H,38,44)/t21-,22+,23+,24?,25+/m1/s1. The molecule has 14 nitrogen and oxygen atoms in total. The van der Waals surface area contributed by atoms with Crippen molar-refractivity contribution in [3.05, 3.63) is 53.6 Å². The van der Waals surface area contributed by atoms with E-state index in [2.05, 4.69) is 21.3 Å². The molecule has 4 amide bonds. The van der Waals surface area contributed by atoms with Crippen molar-refractivity contribution in [2.75, 3.05) is 26.2 Å². The molecular weight excluding hydrogens is 568 g/mol. The molecule has 1 heterocycles. The molecular formula is C30H44N8O6. The first-order valence-corrected chi connectivity index (χ1v) is 14.7. The largest absolute Gasteiger partial charge is 0.508 e. The van der Waals surface area contributed by atoms with Gasteiger partial charge in [0.2, 0.25) is 23.6 Å². The average molecular weight is 613 g/mol. The van der Waals surface area contributed by atoms with Crippen molar-refractivity contribution in [2.45, 2.75) is 62.4 Å². The average Bonchev–Trinajstić information content (AvgIpc) is 3.01. The number of aromatic hydroxyl groups is 1. The predicted molar refractivity (Wildman–Crippen MR) is 165 cm³/mol. The van der Waals surface area contributed by atoms with E-state index in [0.29, 0.717) is 24.1 Å². The van der Waals surface area contributed by atoms with E-state index in [-0.39, 0.29) is 51.1 Å². The monoisotopic (exact) mass is 612 g/mol. The van der Waals surface area contributed by atoms with Gasteiger partial charge in [-0.1, -0.05) is 30.3 Å². The summed E-state index contributed by atoms with van der Waals surface area (Å²) in [6.45, 7) is 0.554. The fourth-order valence-corrected chi connectivity index (χ4v) is 4.91. The first-order chi connectivity index (χ1) is 21.1. The Morgan fingerprint density at radius 2 is 1.73 bits per heavy atom. The van der Waals surface area contributed by atoms with Gasteiger partial charge in [-0.3, -0.25) is 19.2 Å². The second kappa shape index (κ2) is 16.7. The summed E-state index contributed by atoms with van der Waals surface area (Å²) >= 11 is 0. The van der Waals surface area contributed by atoms with Crippen LogP contribution in [0.3, 0.4) is 0 Å². The van der Waals surface area contributed by atoms with Crippen LogP contribution < -0.4 is 44.2 Å². The minimum Gasteiger partial charge on any atom is -0.508 e. The van der Waals surface area contributed by atoms with Crippen LogP contribution in [0.4, 0.5) is 0 Å². The number of fused-ring (bicyclic) bond motifs is 5. The van der Waals surface area contributed by atoms with E-state index < -0.39 is 53.9 Å². The third-order valence-corrected chi connectivity index (χ3v) is 7.38. The maximum absolute atomic E-state index is 13.7. The highest BCUT2D eigenvalue weighted by atomic mass is 16.3. The SMILES string of the molecule is NCCC[C@H](NC(=O)C1Cc2cccc(c2)-c2ccc(O)c(c2)C[C@H](N)C(=O)N[C@@H](C[C@@H](O)CN)C(=O)N1)C(=O)NCCN. The van der Waals surface area contributed by atoms with E-state index >= 15 is 0 Å². The number of hydrogen-bond acceptors (Lipinski definition) is 10. The number of nitrogens with one attached hydrogen (secondary N) is 4. The van der Waals surface area contributed by atoms with Gasteiger partial charge in [0.05, 0.1) is 12.1 Å². The van der Waals surface area contributed by atoms with Gasteiger partial charge in [-0.2, -0.15) is 0 Å². The summed E-state index contributed by atoms with van der Waals surface area (Å²) in [5, 5.41) is 31.4. The summed E-state index contributed by atoms with van der Waals surface area (Å²) in [5.74, 6) is -2.56. The third kappa shape index (κ3) is 9.72. The van der Waals surface area contributed by atoms with Crippen LogP contribution in [0.15, 0.2) is 42.5 Å². The molecule has 0 saturated heterocycles. The Morgan fingerprint density at radius 3 is 2.43 bits per heavy atom. The molecule has 5 atom stereocenters. The van der Waals surface area contributed by atoms with Crippen LogP contribution in [0, 0.1) is 0 Å². The molecule has 4 bridgehead atoms. The minimum absolute atomic E-state index is 0.0274. The Morgan fingerprint density at radius 1 is 0.977 bits per heavy atom. The molecule has 3 rings (SSSR count). The van der Waals surface area contributed by atoms with Gasteiger partial charge in [-0.05, 0) is 53.8 Å². The Labute approximate surface area is 256 Å². The zero-order chi connectivity index (χ0) is 32.2. The maximum Gasteiger partial charge on any atom is 0.243 e. The number of benzene rings is 2. The minimum atomic E-state index is -1.29. The third-order valence-electron chi connectivity index (χ3n) is 7.38. The van der Waals surface area contributed by atoms with Crippen LogP contribution in [0.1, 0.15) is 30.4 Å². The van der Waals surface area contributed by atoms with E-state index in [4.69, 9.17) is 22.9 Å². The molecule has 0 fully saturated rings. The van der Waals surface area contributed by atoms with E-state index in [0.717, 1.165) is 11.1 Å². The van der Waals surface area contributed by atoms with Crippen molar-refractivity contribution in [2.24, 2.45) is 22.9 Å². The molecule has 14 heteroatoms. The van der Waals surface area contributed by atoms with Crippen LogP contribution in [0.2, 0.25) is 0 Å². The zero-order valence-electron chi connectivity index (χ0n) is 24.6. The van der Waals surface area contributed by atoms with Crippen LogP contribution in [0.5, 0.6) is 5.75 Å². The van der Waals surface area contributed by atoms with Gasteiger partial charge in [0.1, 0.15) is 23.9 Å². The molecule has 0 aliphatic carbocycles. The van der Waals surface area contributed by atoms with Crippen LogP contribution >= 0.6 is 0 Å². The van der Waals surface area contributed by atoms with Crippen molar-refractivity contribution in [3.63, 3.8) is 0 Å². The molecule has 240 valence electrons. The molecule has 0 radical (unpaired) electrons. The van der Waals surface area contributed by atoms with Gasteiger partial charge >= 0.3 is 0 Å². The summed E-state index contributed by atoms with van der Waals surface area (Å²) in [5.41, 5.74) is 25.6. The lowest BCUT2D eigenvalue weighted by Crippen LogP contribution is -2.59. The number of aliphatic hydroxyl groups excluding tert-OH is 1. The van der Waals surface area contributed by atoms with Crippen molar-refractivity contribution < 1.29 is 29.4 Å². The number of phenolic OH excluding ortho intramolecular Hbond substituents is 1. The molecule has 0 spiro atoms. The predicted octanol–water partition coefficient (Wildman–Crippen LogP) is -2.54. The number of hydrogen-bond donors (Lipinski definition) is 10. The van der Waals surface area contributed by atoms with Gasteiger partial charge < -0.3 is 54.4 Å². The Kier molecular flexibility index (Phi) is 13.0. The summed E-state index contributed by atoms with van der Waals surface area (Å²) in [7, 11) is 0. The van der Waals surface area contributed by atoms with Crippen molar-refractivity contribution in [3.8, 4) is 16.9 Å². The topological polar surface area (TPSA) is 261 Å². The number of phenols is 1. The van der Waals surface area contributed by atoms with Crippen LogP contribution in [-0.2, 0) is 32.0 Å². The number of aliphatic hydroxyl groups is 1. The van der Waals surface area contributed by atoms with Crippen LogP contribution in [0.25, 0.3) is 11.1 Å². The number of carbonyl (C=O) groups excluding carboxylic acids is 4. The van der Waals surface area contributed by atoms with Gasteiger partial charge in [0.25, 0.3) is 0 Å². The maximum atomic E-state index is 13.7. The number of nitrogens with two attached hydrogens (primary N) is 4. The van der Waals surface area contributed by atoms with Gasteiger partial charge in [0.15, 0.2) is 0 Å². The first kappa shape index (κ1) is 34.4. The number of amides is 4. The molecule has 14 N–H and O–H groups in total. The lowest BCUT2D eigenvalue weighted by Gasteiger charge is -2.27. The second-order valence-corrected chi connectivity index (χ2v) is 10.9. The fourth-order valence-electron chi connectivity index (χ4n) is 4.91. The van der Waals surface area contributed by atoms with E-state index in [1.54, 1.807) is 24.3 Å². The van der Waals surface area contributed by atoms with Gasteiger partial charge in [-0.25, -0.2) is 0 Å². The molecule has 1 aliphatic heterocycles. The van der Waals surface area contributed by atoms with Crippen molar-refractivity contribution >= 4 is 23.6 Å². The van der Waals surface area contributed by atoms with E-state index in [1.165, 1.54) is 6.07 Å². The van der Waals surface area contributed by atoms with Gasteiger partial charge in [-0.15, -0.1) is 0 Å². The highest BCUT2D eigenvalue weighted by Crippen LogP contribution is 2.28. The molecule has 2 aromatic carbocycles. The van der Waals surface area contributed by atoms with Gasteiger partial charge in [0, 0.05) is 38.9 Å². The lowest BCUT2D eigenvalue weighted by atomic mass is 9.96. The smallest absolute Gasteiger partial charge is 0.243 e. The summed E-state index contributed by atoms with van der Waals surface area (Å²) < 4.78 is 0. The fraction of sp³-hybridized carbons (Fsp3) is 0.467. The van der Waals surface area contributed by atoms with Crippen molar-refractivity contribution in [1.29, 1.82) is 0 Å². The molecule has 2 aromatic rings. The Hall–Kier alpha value is -4.08. The first-order valence-electron chi connectivity index (χ1n) is 14.7. The van der Waals surface area contributed by atoms with E-state index in [9.17, 15) is 29.4 Å². The summed E-state index contributed by atoms with van der Waals surface area (Å²) in [6, 6.07) is 7.71. The van der Waals surface area contributed by atoms with E-state index in [1.807, 2.05) is 12.1 Å². The zero-order valence-corrected chi connectivity index (χ0v) is 24.6. The molecule has 0 aromatic heterocycles. The Bertz CT molecular complexity index is 1310. The molecule has 44 heavy (non-hydrogen) atoms. The molecule has 0 saturated carbocycles. The summed E-state index contributed by atoms with van der Waals surface area (Å²) in [6.07, 6.45) is -0.658. The number of carbonyl (C=O) groups is 4. The summed E-state index contributed by atoms with van der Waals surface area (Å²) in [4.78, 5) is 53.2. The number of rotatable bonds is 11. The second-order valence-electron chi connectivity index (χ2n) is 10.9. The molecule has 1 unspecified atom stereocenters.